The van der Waals surface area contributed by atoms with Crippen molar-refractivity contribution >= 4 is 5.97 Å². The van der Waals surface area contributed by atoms with E-state index in [1.54, 1.807) is 6.07 Å². The molecule has 0 radical (unpaired) electrons. The van der Waals surface area contributed by atoms with E-state index in [-0.39, 0.29) is 18.1 Å². The molecule has 0 amide bonds. The summed E-state index contributed by atoms with van der Waals surface area (Å²) < 4.78 is 0. The van der Waals surface area contributed by atoms with E-state index < -0.39 is 5.97 Å². The van der Waals surface area contributed by atoms with Gasteiger partial charge in [0.1, 0.15) is 5.75 Å². The second-order valence-electron chi connectivity index (χ2n) is 5.06. The predicted octanol–water partition coefficient (Wildman–Crippen LogP) is 2.98. The summed E-state index contributed by atoms with van der Waals surface area (Å²) in [5.74, 6) is -0.145. The lowest BCUT2D eigenvalue weighted by Crippen LogP contribution is -2.10. The fourth-order valence-corrected chi connectivity index (χ4v) is 2.63. The highest BCUT2D eigenvalue weighted by atomic mass is 16.4. The third kappa shape index (κ3) is 2.60. The fourth-order valence-electron chi connectivity index (χ4n) is 2.63. The van der Waals surface area contributed by atoms with Crippen LogP contribution in [-0.2, 0) is 4.79 Å². The van der Waals surface area contributed by atoms with Gasteiger partial charge in [-0.05, 0) is 49.8 Å². The number of phenols is 1. The molecule has 1 aliphatic rings. The van der Waals surface area contributed by atoms with E-state index in [0.717, 1.165) is 29.5 Å². The third-order valence-electron chi connectivity index (χ3n) is 3.47. The average molecular weight is 234 g/mol. The van der Waals surface area contributed by atoms with Crippen LogP contribution in [0.1, 0.15) is 41.9 Å². The lowest BCUT2D eigenvalue weighted by atomic mass is 9.86. The maximum absolute atomic E-state index is 10.9. The Morgan fingerprint density at radius 2 is 2.06 bits per heavy atom. The van der Waals surface area contributed by atoms with E-state index in [9.17, 15) is 9.90 Å². The Bertz CT molecular complexity index is 424. The summed E-state index contributed by atoms with van der Waals surface area (Å²) in [5.41, 5.74) is 2.84. The van der Waals surface area contributed by atoms with Crippen molar-refractivity contribution in [2.45, 2.75) is 39.0 Å². The van der Waals surface area contributed by atoms with Gasteiger partial charge in [0.15, 0.2) is 0 Å². The van der Waals surface area contributed by atoms with Crippen LogP contribution in [0.15, 0.2) is 12.1 Å². The van der Waals surface area contributed by atoms with Gasteiger partial charge >= 0.3 is 5.97 Å². The van der Waals surface area contributed by atoms with Gasteiger partial charge in [-0.3, -0.25) is 4.79 Å². The van der Waals surface area contributed by atoms with Crippen LogP contribution in [0.2, 0.25) is 0 Å². The first-order chi connectivity index (χ1) is 7.99. The number of hydrogen-bond donors (Lipinski definition) is 2. The Kier molecular flexibility index (Phi) is 3.09. The van der Waals surface area contributed by atoms with Crippen LogP contribution in [0.5, 0.6) is 5.75 Å². The van der Waals surface area contributed by atoms with Crippen molar-refractivity contribution in [1.82, 2.24) is 0 Å². The molecule has 1 fully saturated rings. The van der Waals surface area contributed by atoms with Crippen molar-refractivity contribution in [2.75, 3.05) is 0 Å². The number of phenolic OH excluding ortho intramolecular Hbond substituents is 1. The highest BCUT2D eigenvalue weighted by Crippen LogP contribution is 2.47. The summed E-state index contributed by atoms with van der Waals surface area (Å²) in [6, 6.07) is 3.73. The van der Waals surface area contributed by atoms with Crippen molar-refractivity contribution in [3.63, 3.8) is 0 Å². The lowest BCUT2D eigenvalue weighted by molar-refractivity contribution is -0.137. The molecule has 1 atom stereocenters. The van der Waals surface area contributed by atoms with Crippen LogP contribution >= 0.6 is 0 Å². The molecule has 0 spiro atoms. The Hall–Kier alpha value is -1.51. The summed E-state index contributed by atoms with van der Waals surface area (Å²) in [7, 11) is 0. The van der Waals surface area contributed by atoms with Crippen molar-refractivity contribution < 1.29 is 15.0 Å². The summed E-state index contributed by atoms with van der Waals surface area (Å²) in [6.45, 7) is 3.87. The monoisotopic (exact) mass is 234 g/mol. The van der Waals surface area contributed by atoms with Gasteiger partial charge in [0.05, 0.1) is 6.42 Å². The van der Waals surface area contributed by atoms with E-state index in [4.69, 9.17) is 5.11 Å². The highest BCUT2D eigenvalue weighted by molar-refractivity contribution is 5.69. The molecule has 1 saturated carbocycles. The Morgan fingerprint density at radius 3 is 2.53 bits per heavy atom. The van der Waals surface area contributed by atoms with Gasteiger partial charge < -0.3 is 10.2 Å². The van der Waals surface area contributed by atoms with Crippen LogP contribution in [0.4, 0.5) is 0 Å². The molecule has 0 heterocycles. The van der Waals surface area contributed by atoms with Gasteiger partial charge in [0, 0.05) is 11.5 Å². The molecule has 0 aromatic heterocycles. The summed E-state index contributed by atoms with van der Waals surface area (Å²) in [5, 5.41) is 19.0. The molecule has 0 bridgehead atoms. The second-order valence-corrected chi connectivity index (χ2v) is 5.06. The van der Waals surface area contributed by atoms with Crippen LogP contribution in [0.3, 0.4) is 0 Å². The molecule has 17 heavy (non-hydrogen) atoms. The van der Waals surface area contributed by atoms with Gasteiger partial charge in [-0.1, -0.05) is 6.07 Å². The zero-order valence-electron chi connectivity index (χ0n) is 10.2. The number of benzene rings is 1. The van der Waals surface area contributed by atoms with E-state index >= 15 is 0 Å². The molecule has 92 valence electrons. The number of aromatic hydroxyl groups is 1. The second kappa shape index (κ2) is 4.40. The SMILES string of the molecule is Cc1cc(C)c(C(CC(=O)O)C2CC2)c(O)c1. The molecule has 0 saturated heterocycles. The van der Waals surface area contributed by atoms with Gasteiger partial charge in [0.25, 0.3) is 0 Å². The van der Waals surface area contributed by atoms with Crippen molar-refractivity contribution in [1.29, 1.82) is 0 Å². The number of carboxylic acid groups (broad SMARTS) is 1. The minimum Gasteiger partial charge on any atom is -0.508 e. The maximum atomic E-state index is 10.9. The zero-order chi connectivity index (χ0) is 12.6. The first-order valence-corrected chi connectivity index (χ1v) is 6.01. The minimum atomic E-state index is -0.790. The first-order valence-electron chi connectivity index (χ1n) is 6.01. The molecular weight excluding hydrogens is 216 g/mol. The molecule has 2 N–H and O–H groups in total. The van der Waals surface area contributed by atoms with Gasteiger partial charge in [-0.15, -0.1) is 0 Å². The van der Waals surface area contributed by atoms with Gasteiger partial charge in [-0.2, -0.15) is 0 Å². The molecule has 0 aliphatic heterocycles. The number of carbonyl (C=O) groups is 1. The average Bonchev–Trinajstić information content (AvgIpc) is 2.96. The molecule has 1 aromatic rings. The molecule has 3 heteroatoms. The number of carboxylic acids is 1. The van der Waals surface area contributed by atoms with Crippen LogP contribution < -0.4 is 0 Å². The van der Waals surface area contributed by atoms with Crippen molar-refractivity contribution in [2.24, 2.45) is 5.92 Å². The normalized spacial score (nSPS) is 16.8. The Morgan fingerprint density at radius 1 is 1.41 bits per heavy atom. The molecule has 2 rings (SSSR count). The Balaban J connectivity index is 2.38. The zero-order valence-corrected chi connectivity index (χ0v) is 10.2. The van der Waals surface area contributed by atoms with Crippen molar-refractivity contribution in [3.8, 4) is 5.75 Å². The van der Waals surface area contributed by atoms with Gasteiger partial charge in [0.2, 0.25) is 0 Å². The number of hydrogen-bond acceptors (Lipinski definition) is 2. The van der Waals surface area contributed by atoms with E-state index in [1.165, 1.54) is 0 Å². The van der Waals surface area contributed by atoms with E-state index in [1.807, 2.05) is 19.9 Å². The molecule has 1 unspecified atom stereocenters. The van der Waals surface area contributed by atoms with E-state index in [0.29, 0.717) is 5.92 Å². The molecular formula is C14H18O3. The molecule has 1 aliphatic carbocycles. The number of aliphatic carboxylic acids is 1. The minimum absolute atomic E-state index is 0.0342. The number of rotatable bonds is 4. The van der Waals surface area contributed by atoms with Crippen LogP contribution in [0, 0.1) is 19.8 Å². The van der Waals surface area contributed by atoms with Crippen LogP contribution in [-0.4, -0.2) is 16.2 Å². The fraction of sp³-hybridized carbons (Fsp3) is 0.500. The lowest BCUT2D eigenvalue weighted by Gasteiger charge is -2.19. The van der Waals surface area contributed by atoms with Crippen LogP contribution in [0.25, 0.3) is 0 Å². The molecule has 3 nitrogen and oxygen atoms in total. The smallest absolute Gasteiger partial charge is 0.303 e. The van der Waals surface area contributed by atoms with E-state index in [2.05, 4.69) is 0 Å². The summed E-state index contributed by atoms with van der Waals surface area (Å²) >= 11 is 0. The standard InChI is InChI=1S/C14H18O3/c1-8-5-9(2)14(12(15)6-8)11(7-13(16)17)10-3-4-10/h5-6,10-11,15H,3-4,7H2,1-2H3,(H,16,17). The quantitative estimate of drug-likeness (QED) is 0.842. The molecule has 1 aromatic carbocycles. The summed E-state index contributed by atoms with van der Waals surface area (Å²) in [6.07, 6.45) is 2.26. The summed E-state index contributed by atoms with van der Waals surface area (Å²) in [4.78, 5) is 10.9. The maximum Gasteiger partial charge on any atom is 0.303 e. The highest BCUT2D eigenvalue weighted by Gasteiger charge is 2.35. The third-order valence-corrected chi connectivity index (χ3v) is 3.47. The predicted molar refractivity (Wildman–Crippen MR) is 65.3 cm³/mol. The first kappa shape index (κ1) is 12.0. The number of aryl methyl sites for hydroxylation is 2. The largest absolute Gasteiger partial charge is 0.508 e. The van der Waals surface area contributed by atoms with Crippen molar-refractivity contribution in [3.05, 3.63) is 28.8 Å². The Labute approximate surface area is 101 Å². The topological polar surface area (TPSA) is 57.5 Å². The van der Waals surface area contributed by atoms with Gasteiger partial charge in [-0.25, -0.2) is 0 Å².